The van der Waals surface area contributed by atoms with Gasteiger partial charge in [0, 0.05) is 6.54 Å². The van der Waals surface area contributed by atoms with Gasteiger partial charge in [0.05, 0.1) is 31.4 Å². The third kappa shape index (κ3) is 4.05. The van der Waals surface area contributed by atoms with Crippen molar-refractivity contribution in [2.45, 2.75) is 52.2 Å². The second-order valence-electron chi connectivity index (χ2n) is 5.63. The third-order valence-electron chi connectivity index (χ3n) is 4.21. The molecular weight excluding hydrogens is 238 g/mol. The maximum atomic E-state index is 5.92. The van der Waals surface area contributed by atoms with Gasteiger partial charge >= 0.3 is 0 Å². The standard InChI is InChI=1S/C15H27N3O/c1-2-7-18-12-17-9-15(18)11-19-10-14-6-4-3-5-13(14)8-16/h9,12-14H,2-8,10-11,16H2,1H3. The largest absolute Gasteiger partial charge is 0.375 e. The molecule has 0 spiro atoms. The maximum Gasteiger partial charge on any atom is 0.0948 e. The molecule has 0 radical (unpaired) electrons. The average Bonchev–Trinajstić information content (AvgIpc) is 2.87. The Labute approximate surface area is 116 Å². The summed E-state index contributed by atoms with van der Waals surface area (Å²) in [7, 11) is 0. The van der Waals surface area contributed by atoms with Gasteiger partial charge in [-0.05, 0) is 37.6 Å². The maximum absolute atomic E-state index is 5.92. The molecule has 1 aliphatic carbocycles. The first kappa shape index (κ1) is 14.5. The van der Waals surface area contributed by atoms with Crippen LogP contribution >= 0.6 is 0 Å². The van der Waals surface area contributed by atoms with Crippen LogP contribution in [0.25, 0.3) is 0 Å². The summed E-state index contributed by atoms with van der Waals surface area (Å²) in [5.74, 6) is 1.32. The first-order valence-corrected chi connectivity index (χ1v) is 7.62. The molecule has 4 heteroatoms. The van der Waals surface area contributed by atoms with E-state index in [1.165, 1.54) is 31.4 Å². The highest BCUT2D eigenvalue weighted by atomic mass is 16.5. The summed E-state index contributed by atoms with van der Waals surface area (Å²) in [6.45, 7) is 5.53. The Hall–Kier alpha value is -0.870. The topological polar surface area (TPSA) is 53.1 Å². The Balaban J connectivity index is 1.77. The summed E-state index contributed by atoms with van der Waals surface area (Å²) in [4.78, 5) is 4.20. The van der Waals surface area contributed by atoms with Gasteiger partial charge in [-0.25, -0.2) is 4.98 Å². The summed E-state index contributed by atoms with van der Waals surface area (Å²) in [6, 6.07) is 0. The summed E-state index contributed by atoms with van der Waals surface area (Å²) in [5.41, 5.74) is 7.04. The van der Waals surface area contributed by atoms with E-state index in [1.54, 1.807) is 0 Å². The van der Waals surface area contributed by atoms with E-state index in [9.17, 15) is 0 Å². The molecule has 1 heterocycles. The van der Waals surface area contributed by atoms with Gasteiger partial charge in [-0.2, -0.15) is 0 Å². The predicted molar refractivity (Wildman–Crippen MR) is 76.7 cm³/mol. The van der Waals surface area contributed by atoms with Crippen molar-refractivity contribution in [2.24, 2.45) is 17.6 Å². The molecule has 0 aliphatic heterocycles. The first-order valence-electron chi connectivity index (χ1n) is 7.62. The number of aryl methyl sites for hydroxylation is 1. The predicted octanol–water partition coefficient (Wildman–Crippen LogP) is 2.57. The van der Waals surface area contributed by atoms with E-state index in [0.717, 1.165) is 26.1 Å². The second-order valence-corrected chi connectivity index (χ2v) is 5.63. The highest BCUT2D eigenvalue weighted by molar-refractivity contribution is 4.96. The number of imidazole rings is 1. The van der Waals surface area contributed by atoms with Crippen molar-refractivity contribution in [3.8, 4) is 0 Å². The summed E-state index contributed by atoms with van der Waals surface area (Å²) in [6.07, 6.45) is 10.2. The van der Waals surface area contributed by atoms with E-state index in [4.69, 9.17) is 10.5 Å². The summed E-state index contributed by atoms with van der Waals surface area (Å²) < 4.78 is 8.10. The molecule has 2 N–H and O–H groups in total. The zero-order valence-electron chi connectivity index (χ0n) is 12.1. The molecule has 108 valence electrons. The monoisotopic (exact) mass is 265 g/mol. The molecule has 0 amide bonds. The second kappa shape index (κ2) is 7.65. The number of hydrogen-bond donors (Lipinski definition) is 1. The molecule has 2 unspecified atom stereocenters. The molecule has 2 rings (SSSR count). The van der Waals surface area contributed by atoms with Crippen LogP contribution in [0.15, 0.2) is 12.5 Å². The highest BCUT2D eigenvalue weighted by Gasteiger charge is 2.23. The van der Waals surface area contributed by atoms with E-state index in [-0.39, 0.29) is 0 Å². The summed E-state index contributed by atoms with van der Waals surface area (Å²) in [5, 5.41) is 0. The molecule has 19 heavy (non-hydrogen) atoms. The summed E-state index contributed by atoms with van der Waals surface area (Å²) >= 11 is 0. The Kier molecular flexibility index (Phi) is 5.86. The number of hydrogen-bond acceptors (Lipinski definition) is 3. The van der Waals surface area contributed by atoms with Crippen LogP contribution in [-0.2, 0) is 17.9 Å². The van der Waals surface area contributed by atoms with E-state index >= 15 is 0 Å². The van der Waals surface area contributed by atoms with Crippen LogP contribution in [0.5, 0.6) is 0 Å². The van der Waals surface area contributed by atoms with Gasteiger partial charge in [0.1, 0.15) is 0 Å². The quantitative estimate of drug-likeness (QED) is 0.824. The van der Waals surface area contributed by atoms with E-state index in [2.05, 4.69) is 16.5 Å². The van der Waals surface area contributed by atoms with Gasteiger partial charge in [-0.15, -0.1) is 0 Å². The van der Waals surface area contributed by atoms with Crippen LogP contribution in [0.4, 0.5) is 0 Å². The molecule has 0 aromatic carbocycles. The lowest BCUT2D eigenvalue weighted by molar-refractivity contribution is 0.0483. The molecule has 2 atom stereocenters. The number of aromatic nitrogens is 2. The van der Waals surface area contributed by atoms with Crippen molar-refractivity contribution in [3.05, 3.63) is 18.2 Å². The van der Waals surface area contributed by atoms with Crippen molar-refractivity contribution in [3.63, 3.8) is 0 Å². The Morgan fingerprint density at radius 1 is 1.37 bits per heavy atom. The molecule has 0 saturated heterocycles. The van der Waals surface area contributed by atoms with Crippen LogP contribution in [0.2, 0.25) is 0 Å². The number of nitrogens with zero attached hydrogens (tertiary/aromatic N) is 2. The first-order chi connectivity index (χ1) is 9.35. The zero-order chi connectivity index (χ0) is 13.5. The number of ether oxygens (including phenoxy) is 1. The van der Waals surface area contributed by atoms with Gasteiger partial charge in [-0.3, -0.25) is 0 Å². The molecule has 1 fully saturated rings. The van der Waals surface area contributed by atoms with Crippen molar-refractivity contribution < 1.29 is 4.74 Å². The van der Waals surface area contributed by atoms with Gasteiger partial charge < -0.3 is 15.0 Å². The highest BCUT2D eigenvalue weighted by Crippen LogP contribution is 2.29. The molecule has 4 nitrogen and oxygen atoms in total. The normalized spacial score (nSPS) is 23.7. The van der Waals surface area contributed by atoms with Crippen LogP contribution in [0, 0.1) is 11.8 Å². The zero-order valence-corrected chi connectivity index (χ0v) is 12.1. The fourth-order valence-corrected chi connectivity index (χ4v) is 3.04. The lowest BCUT2D eigenvalue weighted by atomic mass is 9.80. The number of rotatable bonds is 7. The lowest BCUT2D eigenvalue weighted by Gasteiger charge is -2.30. The van der Waals surface area contributed by atoms with Gasteiger partial charge in [0.25, 0.3) is 0 Å². The Morgan fingerprint density at radius 3 is 2.89 bits per heavy atom. The molecule has 1 aromatic heterocycles. The minimum atomic E-state index is 0.654. The SMILES string of the molecule is CCCn1cncc1COCC1CCCCC1CN. The van der Waals surface area contributed by atoms with Crippen LogP contribution in [-0.4, -0.2) is 22.7 Å². The van der Waals surface area contributed by atoms with Gasteiger partial charge in [0.15, 0.2) is 0 Å². The molecule has 1 saturated carbocycles. The van der Waals surface area contributed by atoms with E-state index < -0.39 is 0 Å². The third-order valence-corrected chi connectivity index (χ3v) is 4.21. The van der Waals surface area contributed by atoms with Crippen LogP contribution < -0.4 is 5.73 Å². The van der Waals surface area contributed by atoms with Crippen molar-refractivity contribution in [1.29, 1.82) is 0 Å². The van der Waals surface area contributed by atoms with E-state index in [0.29, 0.717) is 18.4 Å². The van der Waals surface area contributed by atoms with Crippen LogP contribution in [0.3, 0.4) is 0 Å². The molecule has 0 bridgehead atoms. The molecule has 1 aromatic rings. The molecular formula is C15H27N3O. The minimum absolute atomic E-state index is 0.654. The fraction of sp³-hybridized carbons (Fsp3) is 0.800. The number of nitrogens with two attached hydrogens (primary N) is 1. The van der Waals surface area contributed by atoms with Crippen molar-refractivity contribution in [1.82, 2.24) is 9.55 Å². The molecule has 1 aliphatic rings. The van der Waals surface area contributed by atoms with Crippen molar-refractivity contribution >= 4 is 0 Å². The Morgan fingerprint density at radius 2 is 2.16 bits per heavy atom. The van der Waals surface area contributed by atoms with Crippen LogP contribution in [0.1, 0.15) is 44.7 Å². The smallest absolute Gasteiger partial charge is 0.0948 e. The lowest BCUT2D eigenvalue weighted by Crippen LogP contribution is -2.29. The fourth-order valence-electron chi connectivity index (χ4n) is 3.04. The van der Waals surface area contributed by atoms with Gasteiger partial charge in [0.2, 0.25) is 0 Å². The average molecular weight is 265 g/mol. The van der Waals surface area contributed by atoms with Gasteiger partial charge in [-0.1, -0.05) is 19.8 Å². The Bertz CT molecular complexity index is 364. The van der Waals surface area contributed by atoms with Crippen molar-refractivity contribution in [2.75, 3.05) is 13.2 Å². The minimum Gasteiger partial charge on any atom is -0.375 e. The van der Waals surface area contributed by atoms with E-state index in [1.807, 2.05) is 12.5 Å².